The Balaban J connectivity index is 3.05. The van der Waals surface area contributed by atoms with Crippen LogP contribution in [-0.4, -0.2) is 116 Å². The number of aliphatic carboxylic acids is 2. The van der Waals surface area contributed by atoms with Crippen LogP contribution in [0, 0.1) is 11.8 Å². The molecular weight excluding hydrogens is 368 g/mol. The highest BCUT2D eigenvalue weighted by molar-refractivity contribution is 5.69. The van der Waals surface area contributed by atoms with E-state index in [-0.39, 0.29) is 6.42 Å². The number of carboxylic acid groups (broad SMARTS) is 2. The van der Waals surface area contributed by atoms with Gasteiger partial charge in [-0.3, -0.25) is 20.2 Å². The summed E-state index contributed by atoms with van der Waals surface area (Å²) in [4.78, 5) is 21.6. The van der Waals surface area contributed by atoms with Gasteiger partial charge in [0.1, 0.15) is 0 Å². The standard InChI is InChI=1S/C15H28N2O10/c18-4-6(8(20)5-19)1-7-13(25)11(16-2-9(21)22)15(27)12(14(7)26)17-3-10(23)24/h6-8,11-20,25-27H,1-5H2,(H,21,22)(H,23,24)/t6?,7?,8?,11-,12+,13-,14+,15?. The summed E-state index contributed by atoms with van der Waals surface area (Å²) >= 11 is 0. The summed E-state index contributed by atoms with van der Waals surface area (Å²) in [6.45, 7) is -2.42. The van der Waals surface area contributed by atoms with Gasteiger partial charge in [-0.1, -0.05) is 0 Å². The lowest BCUT2D eigenvalue weighted by atomic mass is 9.71. The van der Waals surface area contributed by atoms with Gasteiger partial charge in [-0.15, -0.1) is 0 Å². The van der Waals surface area contributed by atoms with E-state index in [0.29, 0.717) is 0 Å². The predicted octanol–water partition coefficient (Wildman–Crippen LogP) is -4.86. The fourth-order valence-corrected chi connectivity index (χ4v) is 3.39. The Hall–Kier alpha value is -1.38. The second-order valence-corrected chi connectivity index (χ2v) is 6.66. The zero-order valence-corrected chi connectivity index (χ0v) is 14.5. The largest absolute Gasteiger partial charge is 0.480 e. The molecule has 27 heavy (non-hydrogen) atoms. The van der Waals surface area contributed by atoms with Crippen LogP contribution in [0.4, 0.5) is 0 Å². The molecule has 0 saturated heterocycles. The quantitative estimate of drug-likeness (QED) is 0.159. The number of aliphatic hydroxyl groups excluding tert-OH is 6. The molecule has 0 heterocycles. The van der Waals surface area contributed by atoms with Gasteiger partial charge in [-0.05, 0) is 6.42 Å². The Labute approximate surface area is 155 Å². The predicted molar refractivity (Wildman–Crippen MR) is 88.6 cm³/mol. The fraction of sp³-hybridized carbons (Fsp3) is 0.867. The van der Waals surface area contributed by atoms with Gasteiger partial charge in [0.25, 0.3) is 0 Å². The van der Waals surface area contributed by atoms with Gasteiger partial charge in [-0.25, -0.2) is 0 Å². The maximum Gasteiger partial charge on any atom is 0.317 e. The molecule has 0 bridgehead atoms. The maximum absolute atomic E-state index is 10.8. The average Bonchev–Trinajstić information content (AvgIpc) is 2.60. The van der Waals surface area contributed by atoms with Crippen molar-refractivity contribution >= 4 is 11.9 Å². The third kappa shape index (κ3) is 6.33. The second-order valence-electron chi connectivity index (χ2n) is 6.66. The first-order valence-electron chi connectivity index (χ1n) is 8.48. The Bertz CT molecular complexity index is 461. The number of carbonyl (C=O) groups is 2. The Morgan fingerprint density at radius 1 is 0.815 bits per heavy atom. The summed E-state index contributed by atoms with van der Waals surface area (Å²) in [5.41, 5.74) is 0. The summed E-state index contributed by atoms with van der Waals surface area (Å²) in [5, 5.41) is 82.2. The molecule has 0 aliphatic heterocycles. The van der Waals surface area contributed by atoms with E-state index in [1.54, 1.807) is 0 Å². The number of carboxylic acids is 2. The van der Waals surface area contributed by atoms with Gasteiger partial charge in [0, 0.05) is 18.4 Å². The molecule has 10 N–H and O–H groups in total. The highest BCUT2D eigenvalue weighted by atomic mass is 16.4. The number of nitrogens with one attached hydrogen (secondary N) is 2. The van der Waals surface area contributed by atoms with Crippen LogP contribution in [0.2, 0.25) is 0 Å². The Morgan fingerprint density at radius 2 is 1.26 bits per heavy atom. The number of hydrogen-bond donors (Lipinski definition) is 10. The van der Waals surface area contributed by atoms with Crippen LogP contribution in [0.1, 0.15) is 6.42 Å². The van der Waals surface area contributed by atoms with E-state index >= 15 is 0 Å². The van der Waals surface area contributed by atoms with Crippen molar-refractivity contribution in [2.45, 2.75) is 42.9 Å². The van der Waals surface area contributed by atoms with E-state index in [2.05, 4.69) is 10.6 Å². The van der Waals surface area contributed by atoms with Crippen molar-refractivity contribution in [3.63, 3.8) is 0 Å². The van der Waals surface area contributed by atoms with Crippen molar-refractivity contribution in [3.8, 4) is 0 Å². The lowest BCUT2D eigenvalue weighted by Gasteiger charge is -2.47. The lowest BCUT2D eigenvalue weighted by Crippen LogP contribution is -2.69. The van der Waals surface area contributed by atoms with Crippen LogP contribution < -0.4 is 10.6 Å². The van der Waals surface area contributed by atoms with Crippen molar-refractivity contribution in [3.05, 3.63) is 0 Å². The molecule has 1 saturated carbocycles. The first-order chi connectivity index (χ1) is 12.6. The SMILES string of the molecule is O=C(O)CN[C@@H]1C(O)[C@H](NCC(=O)O)[C@H](O)C(CC(CO)C(O)CO)[C@@H]1O. The van der Waals surface area contributed by atoms with Gasteiger partial charge in [0.2, 0.25) is 0 Å². The average molecular weight is 396 g/mol. The summed E-state index contributed by atoms with van der Waals surface area (Å²) in [6.07, 6.45) is -5.92. The molecule has 12 heteroatoms. The van der Waals surface area contributed by atoms with Gasteiger partial charge < -0.3 is 40.9 Å². The molecule has 1 aliphatic carbocycles. The van der Waals surface area contributed by atoms with E-state index in [1.807, 2.05) is 0 Å². The summed E-state index contributed by atoms with van der Waals surface area (Å²) < 4.78 is 0. The van der Waals surface area contributed by atoms with Gasteiger partial charge >= 0.3 is 11.9 Å². The molecule has 4 unspecified atom stereocenters. The van der Waals surface area contributed by atoms with Crippen LogP contribution in [0.3, 0.4) is 0 Å². The molecule has 0 aromatic rings. The van der Waals surface area contributed by atoms with E-state index in [4.69, 9.17) is 15.3 Å². The van der Waals surface area contributed by atoms with Crippen LogP contribution in [-0.2, 0) is 9.59 Å². The first-order valence-corrected chi connectivity index (χ1v) is 8.48. The van der Waals surface area contributed by atoms with Crippen LogP contribution in [0.15, 0.2) is 0 Å². The van der Waals surface area contributed by atoms with Crippen LogP contribution >= 0.6 is 0 Å². The molecule has 0 aromatic heterocycles. The lowest BCUT2D eigenvalue weighted by molar-refractivity contribution is -0.142. The van der Waals surface area contributed by atoms with Crippen LogP contribution in [0.25, 0.3) is 0 Å². The van der Waals surface area contributed by atoms with Crippen molar-refractivity contribution in [1.29, 1.82) is 0 Å². The highest BCUT2D eigenvalue weighted by Crippen LogP contribution is 2.32. The summed E-state index contributed by atoms with van der Waals surface area (Å²) in [7, 11) is 0. The minimum absolute atomic E-state index is 0.163. The van der Waals surface area contributed by atoms with Crippen molar-refractivity contribution in [1.82, 2.24) is 10.6 Å². The molecular formula is C15H28N2O10. The zero-order chi connectivity index (χ0) is 20.7. The molecule has 158 valence electrons. The fourth-order valence-electron chi connectivity index (χ4n) is 3.39. The zero-order valence-electron chi connectivity index (χ0n) is 14.5. The minimum atomic E-state index is -1.51. The molecule has 0 spiro atoms. The van der Waals surface area contributed by atoms with E-state index in [0.717, 1.165) is 0 Å². The van der Waals surface area contributed by atoms with E-state index in [9.17, 15) is 35.1 Å². The number of aliphatic hydroxyl groups is 6. The number of hydrogen-bond acceptors (Lipinski definition) is 10. The molecule has 0 aromatic carbocycles. The first kappa shape index (κ1) is 23.7. The topological polar surface area (TPSA) is 220 Å². The molecule has 1 fully saturated rings. The van der Waals surface area contributed by atoms with Crippen molar-refractivity contribution in [2.75, 3.05) is 26.3 Å². The normalized spacial score (nSPS) is 33.4. The summed E-state index contributed by atoms with van der Waals surface area (Å²) in [6, 6.07) is -2.43. The van der Waals surface area contributed by atoms with Gasteiger partial charge in [0.15, 0.2) is 0 Å². The van der Waals surface area contributed by atoms with Gasteiger partial charge in [-0.2, -0.15) is 0 Å². The van der Waals surface area contributed by atoms with Crippen molar-refractivity contribution in [2.24, 2.45) is 11.8 Å². The second kappa shape index (κ2) is 10.8. The van der Waals surface area contributed by atoms with Gasteiger partial charge in [0.05, 0.1) is 56.2 Å². The number of rotatable bonds is 11. The smallest absolute Gasteiger partial charge is 0.317 e. The summed E-state index contributed by atoms with van der Waals surface area (Å²) in [5.74, 6) is -4.46. The maximum atomic E-state index is 10.8. The van der Waals surface area contributed by atoms with Crippen molar-refractivity contribution < 1.29 is 50.4 Å². The third-order valence-electron chi connectivity index (χ3n) is 4.87. The van der Waals surface area contributed by atoms with E-state index < -0.39 is 86.6 Å². The van der Waals surface area contributed by atoms with Crippen LogP contribution in [0.5, 0.6) is 0 Å². The highest BCUT2D eigenvalue weighted by Gasteiger charge is 2.49. The molecule has 8 atom stereocenters. The Morgan fingerprint density at radius 3 is 1.59 bits per heavy atom. The Kier molecular flexibility index (Phi) is 9.49. The van der Waals surface area contributed by atoms with E-state index in [1.165, 1.54) is 0 Å². The third-order valence-corrected chi connectivity index (χ3v) is 4.87. The molecule has 0 amide bonds. The minimum Gasteiger partial charge on any atom is -0.480 e. The molecule has 1 aliphatic rings. The molecule has 0 radical (unpaired) electrons. The monoisotopic (exact) mass is 396 g/mol. The molecule has 1 rings (SSSR count). The molecule has 12 nitrogen and oxygen atoms in total.